The zero-order chi connectivity index (χ0) is 35.7. The van der Waals surface area contributed by atoms with Gasteiger partial charge in [0.25, 0.3) is 0 Å². The lowest BCUT2D eigenvalue weighted by Gasteiger charge is -2.60. The van der Waals surface area contributed by atoms with Crippen molar-refractivity contribution in [2.45, 2.75) is 142 Å². The van der Waals surface area contributed by atoms with Gasteiger partial charge >= 0.3 is 23.9 Å². The van der Waals surface area contributed by atoms with Crippen molar-refractivity contribution in [2.75, 3.05) is 11.5 Å². The lowest BCUT2D eigenvalue weighted by molar-refractivity contribution is -0.439. The van der Waals surface area contributed by atoms with Gasteiger partial charge in [-0.05, 0) is 115 Å². The van der Waals surface area contributed by atoms with Gasteiger partial charge in [-0.3, -0.25) is 0 Å². The van der Waals surface area contributed by atoms with E-state index in [1.165, 1.54) is 12.8 Å². The van der Waals surface area contributed by atoms with E-state index in [2.05, 4.69) is 20.8 Å². The van der Waals surface area contributed by atoms with Crippen LogP contribution >= 0.6 is 0 Å². The predicted octanol–water partition coefficient (Wildman–Crippen LogP) is 11.3. The number of nitrogens with two attached hydrogens (primary N) is 2. The Bertz CT molecular complexity index is 1290. The highest BCUT2D eigenvalue weighted by atomic mass is 19.4. The van der Waals surface area contributed by atoms with Gasteiger partial charge in [0.05, 0.1) is 6.10 Å². The van der Waals surface area contributed by atoms with Crippen LogP contribution in [0.1, 0.15) is 117 Å². The van der Waals surface area contributed by atoms with Gasteiger partial charge < -0.3 is 16.2 Å². The first-order valence-corrected chi connectivity index (χ1v) is 18.0. The molecule has 11 heteroatoms. The van der Waals surface area contributed by atoms with Crippen LogP contribution in [0, 0.1) is 52.3 Å². The molecule has 0 aliphatic heterocycles. The molecule has 5 rings (SSSR count). The minimum Gasteiger partial charge on any atom is -0.399 e. The largest absolute Gasteiger partial charge is 0.426 e. The molecular formula is C37H54F8N2O. The third-order valence-corrected chi connectivity index (χ3v) is 13.5. The molecule has 0 amide bonds. The first-order valence-electron chi connectivity index (χ1n) is 18.0. The number of halogens is 8. The van der Waals surface area contributed by atoms with Crippen LogP contribution < -0.4 is 11.5 Å². The molecule has 0 spiro atoms. The molecule has 3 nitrogen and oxygen atoms in total. The Balaban J connectivity index is 1.47. The van der Waals surface area contributed by atoms with Crippen LogP contribution in [0.25, 0.3) is 0 Å². The summed E-state index contributed by atoms with van der Waals surface area (Å²) >= 11 is 0. The average molecular weight is 695 g/mol. The highest BCUT2D eigenvalue weighted by Gasteiger charge is 2.82. The fraction of sp³-hybridized carbons (Fsp3) is 0.838. The normalized spacial score (nSPS) is 35.2. The van der Waals surface area contributed by atoms with Gasteiger partial charge in [0.1, 0.15) is 0 Å². The number of benzene rings is 1. The van der Waals surface area contributed by atoms with Gasteiger partial charge in [0.2, 0.25) is 0 Å². The van der Waals surface area contributed by atoms with Crippen molar-refractivity contribution in [3.05, 3.63) is 23.8 Å². The highest BCUT2D eigenvalue weighted by molar-refractivity contribution is 5.55. The van der Waals surface area contributed by atoms with Crippen molar-refractivity contribution in [2.24, 2.45) is 52.3 Å². The van der Waals surface area contributed by atoms with Crippen LogP contribution in [0.15, 0.2) is 18.2 Å². The molecule has 0 heterocycles. The molecule has 0 radical (unpaired) electrons. The molecule has 2 unspecified atom stereocenters. The number of hydrogen-bond donors (Lipinski definition) is 2. The molecule has 0 saturated heterocycles. The number of rotatable bonds is 11. The summed E-state index contributed by atoms with van der Waals surface area (Å²) in [5.41, 5.74) is 7.77. The summed E-state index contributed by atoms with van der Waals surface area (Å²) in [5, 5.41) is 0. The molecule has 9 atom stereocenters. The van der Waals surface area contributed by atoms with Crippen LogP contribution in [0.4, 0.5) is 46.5 Å². The van der Waals surface area contributed by atoms with Gasteiger partial charge in [0.15, 0.2) is 0 Å². The Morgan fingerprint density at radius 3 is 2.04 bits per heavy atom. The third-order valence-electron chi connectivity index (χ3n) is 13.5. The zero-order valence-corrected chi connectivity index (χ0v) is 28.9. The van der Waals surface area contributed by atoms with Gasteiger partial charge in [-0.1, -0.05) is 66.7 Å². The fourth-order valence-electron chi connectivity index (χ4n) is 11.2. The van der Waals surface area contributed by atoms with Gasteiger partial charge in [-0.15, -0.1) is 0 Å². The maximum atomic E-state index is 15.7. The summed E-state index contributed by atoms with van der Waals surface area (Å²) in [5.74, 6) is -18.3. The quantitative estimate of drug-likeness (QED) is 0.179. The van der Waals surface area contributed by atoms with Crippen molar-refractivity contribution >= 4 is 11.4 Å². The number of alkyl halides is 8. The first-order chi connectivity index (χ1) is 22.1. The van der Waals surface area contributed by atoms with E-state index in [0.29, 0.717) is 42.7 Å². The summed E-state index contributed by atoms with van der Waals surface area (Å²) in [7, 11) is 0. The molecule has 4 N–H and O–H groups in total. The van der Waals surface area contributed by atoms with E-state index in [9.17, 15) is 0 Å². The fourth-order valence-corrected chi connectivity index (χ4v) is 11.2. The SMILES string of the molecule is CC(C)CCC[C@@H](C)[C@H]1C(OC(F)(F)C(F)(F)C(F)(F)C(F)(F)c2cc(N)cc(N)c2)C[C@H]2[C@@H]3CCC4CCCC[C@]4(C)[C@H]3CC[C@]12C. The van der Waals surface area contributed by atoms with E-state index < -0.39 is 58.3 Å². The molecule has 0 bridgehead atoms. The van der Waals surface area contributed by atoms with Crippen molar-refractivity contribution in [1.82, 2.24) is 0 Å². The van der Waals surface area contributed by atoms with E-state index in [4.69, 9.17) is 16.2 Å². The van der Waals surface area contributed by atoms with Crippen molar-refractivity contribution in [1.29, 1.82) is 0 Å². The minimum atomic E-state index is -6.57. The van der Waals surface area contributed by atoms with E-state index in [1.807, 2.05) is 13.8 Å². The summed E-state index contributed by atoms with van der Waals surface area (Å²) in [6, 6.07) is 1.62. The van der Waals surface area contributed by atoms with Crippen LogP contribution in [0.5, 0.6) is 0 Å². The molecule has 274 valence electrons. The molecule has 48 heavy (non-hydrogen) atoms. The summed E-state index contributed by atoms with van der Waals surface area (Å²) in [6.07, 6.45) is 3.05. The number of hydrogen-bond acceptors (Lipinski definition) is 3. The molecule has 4 aliphatic carbocycles. The summed E-state index contributed by atoms with van der Waals surface area (Å²) in [6.45, 7) is 10.5. The van der Waals surface area contributed by atoms with Crippen LogP contribution in [-0.2, 0) is 10.7 Å². The highest BCUT2D eigenvalue weighted by Crippen LogP contribution is 2.69. The Kier molecular flexibility index (Phi) is 9.97. The smallest absolute Gasteiger partial charge is 0.399 e. The van der Waals surface area contributed by atoms with Crippen molar-refractivity contribution in [3.63, 3.8) is 0 Å². The minimum absolute atomic E-state index is 0.0109. The Morgan fingerprint density at radius 1 is 0.771 bits per heavy atom. The predicted molar refractivity (Wildman–Crippen MR) is 172 cm³/mol. The van der Waals surface area contributed by atoms with E-state index in [1.54, 1.807) is 0 Å². The molecule has 4 aliphatic rings. The second-order valence-corrected chi connectivity index (χ2v) is 16.8. The zero-order valence-electron chi connectivity index (χ0n) is 28.9. The second kappa shape index (κ2) is 12.8. The Hall–Kier alpha value is -1.78. The maximum Gasteiger partial charge on any atom is 0.426 e. The number of nitrogen functional groups attached to an aromatic ring is 2. The van der Waals surface area contributed by atoms with E-state index >= 15 is 35.1 Å². The monoisotopic (exact) mass is 694 g/mol. The standard InChI is InChI=1S/C37H54F8N2O/c1-21(2)9-8-10-22(3)31-30(20-29-27-13-12-23-11-6-7-15-32(23,4)28(27)14-16-33(29,31)5)48-37(44,45)36(42,43)35(40,41)34(38,39)24-17-25(46)19-26(47)18-24/h17-19,21-23,27-31H,6-16,20,46-47H2,1-5H3/t22-,23?,27-,28+,29+,30?,31+,32+,33+/m1/s1. The maximum absolute atomic E-state index is 15.7. The molecule has 1 aromatic rings. The second-order valence-electron chi connectivity index (χ2n) is 16.8. The topological polar surface area (TPSA) is 61.3 Å². The summed E-state index contributed by atoms with van der Waals surface area (Å²) in [4.78, 5) is 0. The first kappa shape index (κ1) is 37.5. The van der Waals surface area contributed by atoms with Gasteiger partial charge in [-0.2, -0.15) is 35.1 Å². The van der Waals surface area contributed by atoms with E-state index in [-0.39, 0.29) is 29.6 Å². The van der Waals surface area contributed by atoms with Gasteiger partial charge in [0, 0.05) is 16.9 Å². The number of ether oxygens (including phenoxy) is 1. The van der Waals surface area contributed by atoms with Crippen LogP contribution in [0.2, 0.25) is 0 Å². The van der Waals surface area contributed by atoms with Gasteiger partial charge in [-0.25, -0.2) is 0 Å². The average Bonchev–Trinajstić information content (AvgIpc) is 3.26. The summed E-state index contributed by atoms with van der Waals surface area (Å²) < 4.78 is 128. The molecule has 1 aromatic carbocycles. The molecule has 4 fully saturated rings. The van der Waals surface area contributed by atoms with Crippen molar-refractivity contribution < 1.29 is 39.9 Å². The number of anilines is 2. The third kappa shape index (κ3) is 6.01. The van der Waals surface area contributed by atoms with Crippen molar-refractivity contribution in [3.8, 4) is 0 Å². The Morgan fingerprint density at radius 2 is 1.42 bits per heavy atom. The van der Waals surface area contributed by atoms with E-state index in [0.717, 1.165) is 51.0 Å². The lowest BCUT2D eigenvalue weighted by atomic mass is 9.44. The Labute approximate surface area is 280 Å². The lowest BCUT2D eigenvalue weighted by Crippen LogP contribution is -2.62. The van der Waals surface area contributed by atoms with Crippen LogP contribution in [0.3, 0.4) is 0 Å². The van der Waals surface area contributed by atoms with Crippen LogP contribution in [-0.4, -0.2) is 24.1 Å². The molecule has 4 saturated carbocycles. The molecular weight excluding hydrogens is 640 g/mol. The molecule has 0 aromatic heterocycles. The number of fused-ring (bicyclic) bond motifs is 5.